The molecule has 0 aliphatic carbocycles. The van der Waals surface area contributed by atoms with Crippen LogP contribution in [0.5, 0.6) is 0 Å². The van der Waals surface area contributed by atoms with Gasteiger partial charge in [0.1, 0.15) is 29.9 Å². The van der Waals surface area contributed by atoms with E-state index in [0.717, 1.165) is 5.39 Å². The van der Waals surface area contributed by atoms with Crippen LogP contribution in [0.1, 0.15) is 0 Å². The Morgan fingerprint density at radius 3 is 2.57 bits per heavy atom. The second-order valence-corrected chi connectivity index (χ2v) is 5.41. The number of aliphatic hydroxyl groups excluding tert-OH is 4. The maximum Gasteiger partial charge on any atom is 0.336 e. The molecule has 1 aromatic heterocycles. The van der Waals surface area contributed by atoms with Gasteiger partial charge in [-0.3, -0.25) is 0 Å². The van der Waals surface area contributed by atoms with E-state index < -0.39 is 42.9 Å². The van der Waals surface area contributed by atoms with E-state index >= 15 is 0 Å². The fourth-order valence-electron chi connectivity index (χ4n) is 2.60. The molecule has 2 heterocycles. The van der Waals surface area contributed by atoms with Crippen LogP contribution in [-0.4, -0.2) is 57.7 Å². The number of rotatable bonds is 3. The molecule has 3 rings (SSSR count). The van der Waals surface area contributed by atoms with Gasteiger partial charge in [0, 0.05) is 23.2 Å². The molecule has 5 N–H and O–H groups in total. The fourth-order valence-corrected chi connectivity index (χ4v) is 2.60. The second kappa shape index (κ2) is 6.26. The predicted octanol–water partition coefficient (Wildman–Crippen LogP) is -0.995. The van der Waals surface area contributed by atoms with Crippen LogP contribution in [0.25, 0.3) is 11.0 Å². The molecule has 2 aromatic rings. The van der Waals surface area contributed by atoms with Crippen LogP contribution in [0, 0.1) is 0 Å². The van der Waals surface area contributed by atoms with Crippen molar-refractivity contribution in [2.45, 2.75) is 30.6 Å². The summed E-state index contributed by atoms with van der Waals surface area (Å²) in [6, 6.07) is 6.83. The van der Waals surface area contributed by atoms with Gasteiger partial charge in [-0.15, -0.1) is 0 Å². The van der Waals surface area contributed by atoms with Crippen molar-refractivity contribution in [3.8, 4) is 0 Å². The largest absolute Gasteiger partial charge is 0.423 e. The highest BCUT2D eigenvalue weighted by Crippen LogP contribution is 2.24. The van der Waals surface area contributed by atoms with Gasteiger partial charge < -0.3 is 34.9 Å². The van der Waals surface area contributed by atoms with Gasteiger partial charge in [0.2, 0.25) is 0 Å². The van der Waals surface area contributed by atoms with Crippen molar-refractivity contribution in [1.82, 2.24) is 0 Å². The number of anilines is 1. The molecule has 0 saturated carbocycles. The number of nitrogens with one attached hydrogen (secondary N) is 1. The third kappa shape index (κ3) is 3.07. The maximum atomic E-state index is 11.3. The lowest BCUT2D eigenvalue weighted by Crippen LogP contribution is -2.61. The standard InChI is InChI=1S/C15H17NO7/c17-6-10-13(19)14(20)12(15(21)23-10)16-8-3-1-7-2-4-11(18)22-9(7)5-8/h1-5,10,12-17,19-21H,6H2/t10?,12-,13+,14?,15?/m0/s1. The van der Waals surface area contributed by atoms with Gasteiger partial charge in [-0.05, 0) is 18.2 Å². The highest BCUT2D eigenvalue weighted by Gasteiger charge is 2.43. The summed E-state index contributed by atoms with van der Waals surface area (Å²) in [7, 11) is 0. The van der Waals surface area contributed by atoms with Crippen molar-refractivity contribution in [2.75, 3.05) is 11.9 Å². The number of fused-ring (bicyclic) bond motifs is 1. The fraction of sp³-hybridized carbons (Fsp3) is 0.400. The Kier molecular flexibility index (Phi) is 4.33. The Labute approximate surface area is 130 Å². The SMILES string of the molecule is O=c1ccc2ccc(N[C@@H]3C(O)OC(CO)[C@@H](O)C3O)cc2o1. The molecular formula is C15H17NO7. The van der Waals surface area contributed by atoms with Gasteiger partial charge in [-0.2, -0.15) is 0 Å². The molecular weight excluding hydrogens is 306 g/mol. The van der Waals surface area contributed by atoms with Crippen molar-refractivity contribution >= 4 is 16.7 Å². The number of benzene rings is 1. The average molecular weight is 323 g/mol. The molecule has 0 radical (unpaired) electrons. The summed E-state index contributed by atoms with van der Waals surface area (Å²) < 4.78 is 10.1. The summed E-state index contributed by atoms with van der Waals surface area (Å²) >= 11 is 0. The molecule has 8 nitrogen and oxygen atoms in total. The lowest BCUT2D eigenvalue weighted by molar-refractivity contribution is -0.245. The lowest BCUT2D eigenvalue weighted by Gasteiger charge is -2.40. The minimum atomic E-state index is -1.43. The van der Waals surface area contributed by atoms with Gasteiger partial charge in [0.05, 0.1) is 6.61 Å². The second-order valence-electron chi connectivity index (χ2n) is 5.41. The first kappa shape index (κ1) is 15.9. The monoisotopic (exact) mass is 323 g/mol. The molecule has 1 aliphatic heterocycles. The Balaban J connectivity index is 1.84. The van der Waals surface area contributed by atoms with E-state index in [1.165, 1.54) is 6.07 Å². The van der Waals surface area contributed by atoms with Crippen molar-refractivity contribution in [3.63, 3.8) is 0 Å². The van der Waals surface area contributed by atoms with Crippen LogP contribution in [0.2, 0.25) is 0 Å². The number of hydrogen-bond acceptors (Lipinski definition) is 8. The first-order valence-electron chi connectivity index (χ1n) is 7.10. The molecule has 0 spiro atoms. The molecule has 1 aromatic carbocycles. The minimum Gasteiger partial charge on any atom is -0.423 e. The van der Waals surface area contributed by atoms with Crippen molar-refractivity contribution in [3.05, 3.63) is 40.8 Å². The number of aliphatic hydroxyl groups is 4. The van der Waals surface area contributed by atoms with Gasteiger partial charge in [-0.1, -0.05) is 0 Å². The van der Waals surface area contributed by atoms with E-state index in [1.807, 2.05) is 0 Å². The van der Waals surface area contributed by atoms with Crippen molar-refractivity contribution < 1.29 is 29.6 Å². The van der Waals surface area contributed by atoms with Gasteiger partial charge in [0.15, 0.2) is 6.29 Å². The van der Waals surface area contributed by atoms with Crippen LogP contribution in [0.3, 0.4) is 0 Å². The first-order valence-corrected chi connectivity index (χ1v) is 7.10. The Morgan fingerprint density at radius 2 is 1.83 bits per heavy atom. The van der Waals surface area contributed by atoms with E-state index in [2.05, 4.69) is 5.32 Å². The predicted molar refractivity (Wildman–Crippen MR) is 79.9 cm³/mol. The third-order valence-corrected chi connectivity index (χ3v) is 3.86. The normalized spacial score (nSPS) is 31.2. The molecule has 1 fully saturated rings. The molecule has 3 unspecified atom stereocenters. The van der Waals surface area contributed by atoms with E-state index in [0.29, 0.717) is 11.3 Å². The van der Waals surface area contributed by atoms with Crippen LogP contribution in [0.15, 0.2) is 39.5 Å². The smallest absolute Gasteiger partial charge is 0.336 e. The van der Waals surface area contributed by atoms with Gasteiger partial charge in [0.25, 0.3) is 0 Å². The maximum absolute atomic E-state index is 11.3. The molecule has 1 aliphatic rings. The average Bonchev–Trinajstić information content (AvgIpc) is 2.54. The molecule has 23 heavy (non-hydrogen) atoms. The molecule has 124 valence electrons. The topological polar surface area (TPSA) is 132 Å². The quantitative estimate of drug-likeness (QED) is 0.455. The number of ether oxygens (including phenoxy) is 1. The Morgan fingerprint density at radius 1 is 1.09 bits per heavy atom. The van der Waals surface area contributed by atoms with Crippen LogP contribution in [-0.2, 0) is 4.74 Å². The summed E-state index contributed by atoms with van der Waals surface area (Å²) in [5.74, 6) is 0. The summed E-state index contributed by atoms with van der Waals surface area (Å²) in [4.78, 5) is 11.3. The summed E-state index contributed by atoms with van der Waals surface area (Å²) in [5, 5.41) is 42.5. The molecule has 0 amide bonds. The van der Waals surface area contributed by atoms with E-state index in [-0.39, 0.29) is 0 Å². The van der Waals surface area contributed by atoms with Crippen LogP contribution in [0.4, 0.5) is 5.69 Å². The van der Waals surface area contributed by atoms with E-state index in [1.54, 1.807) is 24.3 Å². The zero-order valence-electron chi connectivity index (χ0n) is 12.0. The Bertz CT molecular complexity index is 746. The van der Waals surface area contributed by atoms with Crippen LogP contribution < -0.4 is 10.9 Å². The zero-order valence-corrected chi connectivity index (χ0v) is 12.0. The molecule has 5 atom stereocenters. The minimum absolute atomic E-state index is 0.344. The van der Waals surface area contributed by atoms with Gasteiger partial charge >= 0.3 is 5.63 Å². The molecule has 8 heteroatoms. The summed E-state index contributed by atoms with van der Waals surface area (Å²) in [5.41, 5.74) is 0.321. The summed E-state index contributed by atoms with van der Waals surface area (Å²) in [6.45, 7) is -0.525. The molecule has 1 saturated heterocycles. The van der Waals surface area contributed by atoms with E-state index in [4.69, 9.17) is 14.3 Å². The van der Waals surface area contributed by atoms with Gasteiger partial charge in [-0.25, -0.2) is 4.79 Å². The van der Waals surface area contributed by atoms with Crippen LogP contribution >= 0.6 is 0 Å². The zero-order chi connectivity index (χ0) is 16.6. The number of hydrogen-bond donors (Lipinski definition) is 5. The van der Waals surface area contributed by atoms with Crippen molar-refractivity contribution in [1.29, 1.82) is 0 Å². The first-order chi connectivity index (χ1) is 11.0. The highest BCUT2D eigenvalue weighted by atomic mass is 16.6. The van der Waals surface area contributed by atoms with Crippen molar-refractivity contribution in [2.24, 2.45) is 0 Å². The molecule has 0 bridgehead atoms. The lowest BCUT2D eigenvalue weighted by atomic mass is 9.97. The summed E-state index contributed by atoms with van der Waals surface area (Å²) in [6.07, 6.45) is -5.19. The highest BCUT2D eigenvalue weighted by molar-refractivity contribution is 5.80. The third-order valence-electron chi connectivity index (χ3n) is 3.86. The van der Waals surface area contributed by atoms with E-state index in [9.17, 15) is 20.1 Å². The Hall–Kier alpha value is -1.97.